The lowest BCUT2D eigenvalue weighted by Crippen LogP contribution is -2.43. The zero-order valence-electron chi connectivity index (χ0n) is 13.3. The average molecular weight is 266 g/mol. The summed E-state index contributed by atoms with van der Waals surface area (Å²) < 4.78 is 0. The second-order valence-electron chi connectivity index (χ2n) is 7.54. The highest BCUT2D eigenvalue weighted by atomic mass is 15.1. The summed E-state index contributed by atoms with van der Waals surface area (Å²) in [5.74, 6) is 3.62. The Hall–Kier alpha value is -0.0800. The van der Waals surface area contributed by atoms with Crippen molar-refractivity contribution >= 4 is 0 Å². The van der Waals surface area contributed by atoms with Crippen molar-refractivity contribution in [2.75, 3.05) is 32.7 Å². The number of hydrogen-bond acceptors (Lipinski definition) is 2. The summed E-state index contributed by atoms with van der Waals surface area (Å²) in [5.41, 5.74) is 0. The molecule has 0 radical (unpaired) electrons. The van der Waals surface area contributed by atoms with Crippen LogP contribution in [0.15, 0.2) is 0 Å². The zero-order valence-corrected chi connectivity index (χ0v) is 13.3. The normalized spacial score (nSPS) is 38.7. The first-order valence-corrected chi connectivity index (χ1v) is 8.56. The first-order valence-electron chi connectivity index (χ1n) is 8.56. The van der Waals surface area contributed by atoms with Crippen molar-refractivity contribution in [1.82, 2.24) is 10.2 Å². The minimum atomic E-state index is 0.805. The third kappa shape index (κ3) is 5.43. The first-order chi connectivity index (χ1) is 9.13. The molecule has 2 aliphatic rings. The highest BCUT2D eigenvalue weighted by molar-refractivity contribution is 4.76. The summed E-state index contributed by atoms with van der Waals surface area (Å²) in [5, 5.41) is 3.59. The standard InChI is InChI=1S/C17H34N2/c1-14-4-6-17(7-5-14)8-9-19-12-15(2)10-18-11-16(3)13-19/h14-18H,4-13H2,1-3H3. The molecule has 0 amide bonds. The van der Waals surface area contributed by atoms with Crippen LogP contribution in [-0.2, 0) is 0 Å². The van der Waals surface area contributed by atoms with E-state index in [4.69, 9.17) is 0 Å². The van der Waals surface area contributed by atoms with E-state index in [1.54, 1.807) is 0 Å². The molecule has 0 spiro atoms. The molecule has 2 fully saturated rings. The molecule has 2 nitrogen and oxygen atoms in total. The van der Waals surface area contributed by atoms with Gasteiger partial charge >= 0.3 is 0 Å². The smallest absolute Gasteiger partial charge is 0.00193 e. The summed E-state index contributed by atoms with van der Waals surface area (Å²) in [4.78, 5) is 2.74. The molecule has 1 N–H and O–H groups in total. The van der Waals surface area contributed by atoms with Gasteiger partial charge in [-0.15, -0.1) is 0 Å². The summed E-state index contributed by atoms with van der Waals surface area (Å²) >= 11 is 0. The Balaban J connectivity index is 1.73. The minimum Gasteiger partial charge on any atom is -0.316 e. The van der Waals surface area contributed by atoms with E-state index in [-0.39, 0.29) is 0 Å². The van der Waals surface area contributed by atoms with Gasteiger partial charge in [0.15, 0.2) is 0 Å². The van der Waals surface area contributed by atoms with Crippen LogP contribution in [-0.4, -0.2) is 37.6 Å². The van der Waals surface area contributed by atoms with Crippen molar-refractivity contribution in [1.29, 1.82) is 0 Å². The fraction of sp³-hybridized carbons (Fsp3) is 1.00. The van der Waals surface area contributed by atoms with Gasteiger partial charge < -0.3 is 10.2 Å². The lowest BCUT2D eigenvalue weighted by Gasteiger charge is -2.34. The SMILES string of the molecule is CC1CCC(CCN2CC(C)CNCC(C)C2)CC1. The van der Waals surface area contributed by atoms with Crippen molar-refractivity contribution in [2.24, 2.45) is 23.7 Å². The predicted molar refractivity (Wildman–Crippen MR) is 83.4 cm³/mol. The van der Waals surface area contributed by atoms with Gasteiger partial charge in [0, 0.05) is 13.1 Å². The third-order valence-electron chi connectivity index (χ3n) is 5.11. The van der Waals surface area contributed by atoms with Gasteiger partial charge in [0.25, 0.3) is 0 Å². The molecular weight excluding hydrogens is 232 g/mol. The summed E-state index contributed by atoms with van der Waals surface area (Å²) in [6.07, 6.45) is 7.37. The van der Waals surface area contributed by atoms with Gasteiger partial charge in [-0.1, -0.05) is 46.5 Å². The Kier molecular flexibility index (Phi) is 6.15. The van der Waals surface area contributed by atoms with Gasteiger partial charge in [-0.05, 0) is 49.7 Å². The molecule has 2 atom stereocenters. The Morgan fingerprint density at radius 2 is 1.42 bits per heavy atom. The van der Waals surface area contributed by atoms with Crippen LogP contribution in [0.5, 0.6) is 0 Å². The van der Waals surface area contributed by atoms with Crippen molar-refractivity contribution < 1.29 is 0 Å². The highest BCUT2D eigenvalue weighted by Gasteiger charge is 2.21. The molecule has 0 aromatic carbocycles. The minimum absolute atomic E-state index is 0.805. The predicted octanol–water partition coefficient (Wildman–Crippen LogP) is 3.38. The molecule has 19 heavy (non-hydrogen) atoms. The Morgan fingerprint density at radius 1 is 0.842 bits per heavy atom. The van der Waals surface area contributed by atoms with Crippen LogP contribution in [0.1, 0.15) is 52.9 Å². The Bertz CT molecular complexity index is 234. The maximum Gasteiger partial charge on any atom is 0.00193 e. The van der Waals surface area contributed by atoms with Gasteiger partial charge in [-0.25, -0.2) is 0 Å². The molecule has 1 saturated heterocycles. The molecule has 112 valence electrons. The lowest BCUT2D eigenvalue weighted by molar-refractivity contribution is 0.163. The summed E-state index contributed by atoms with van der Waals surface area (Å²) in [7, 11) is 0. The number of nitrogens with zero attached hydrogens (tertiary/aromatic N) is 1. The number of nitrogens with one attached hydrogen (secondary N) is 1. The maximum absolute atomic E-state index is 3.59. The largest absolute Gasteiger partial charge is 0.316 e. The average Bonchev–Trinajstić information content (AvgIpc) is 2.36. The van der Waals surface area contributed by atoms with Crippen molar-refractivity contribution in [3.05, 3.63) is 0 Å². The van der Waals surface area contributed by atoms with Crippen LogP contribution in [0.4, 0.5) is 0 Å². The molecule has 2 unspecified atom stereocenters. The zero-order chi connectivity index (χ0) is 13.7. The quantitative estimate of drug-likeness (QED) is 0.842. The maximum atomic E-state index is 3.59. The lowest BCUT2D eigenvalue weighted by atomic mass is 9.81. The van der Waals surface area contributed by atoms with E-state index in [0.29, 0.717) is 0 Å². The molecule has 0 aromatic heterocycles. The molecule has 0 aromatic rings. The van der Waals surface area contributed by atoms with Gasteiger partial charge in [0.2, 0.25) is 0 Å². The van der Waals surface area contributed by atoms with E-state index >= 15 is 0 Å². The molecule has 0 bridgehead atoms. The van der Waals surface area contributed by atoms with Gasteiger partial charge in [0.05, 0.1) is 0 Å². The van der Waals surface area contributed by atoms with Crippen molar-refractivity contribution in [2.45, 2.75) is 52.9 Å². The summed E-state index contributed by atoms with van der Waals surface area (Å²) in [6.45, 7) is 13.5. The van der Waals surface area contributed by atoms with Gasteiger partial charge in [-0.3, -0.25) is 0 Å². The number of hydrogen-bond donors (Lipinski definition) is 1. The van der Waals surface area contributed by atoms with Gasteiger partial charge in [-0.2, -0.15) is 0 Å². The second kappa shape index (κ2) is 7.64. The van der Waals surface area contributed by atoms with Gasteiger partial charge in [0.1, 0.15) is 0 Å². The Morgan fingerprint density at radius 3 is 2.00 bits per heavy atom. The van der Waals surface area contributed by atoms with Crippen LogP contribution in [0, 0.1) is 23.7 Å². The van der Waals surface area contributed by atoms with Crippen LogP contribution in [0.3, 0.4) is 0 Å². The van der Waals surface area contributed by atoms with E-state index in [2.05, 4.69) is 31.0 Å². The van der Waals surface area contributed by atoms with Crippen molar-refractivity contribution in [3.63, 3.8) is 0 Å². The second-order valence-corrected chi connectivity index (χ2v) is 7.54. The molecule has 1 aliphatic heterocycles. The van der Waals surface area contributed by atoms with Crippen LogP contribution >= 0.6 is 0 Å². The molecule has 1 aliphatic carbocycles. The molecule has 1 heterocycles. The fourth-order valence-electron chi connectivity index (χ4n) is 3.83. The summed E-state index contributed by atoms with van der Waals surface area (Å²) in [6, 6.07) is 0. The van der Waals surface area contributed by atoms with E-state index in [0.717, 1.165) is 23.7 Å². The first kappa shape index (κ1) is 15.3. The van der Waals surface area contributed by atoms with E-state index in [9.17, 15) is 0 Å². The highest BCUT2D eigenvalue weighted by Crippen LogP contribution is 2.30. The topological polar surface area (TPSA) is 15.3 Å². The third-order valence-corrected chi connectivity index (χ3v) is 5.11. The van der Waals surface area contributed by atoms with Crippen LogP contribution < -0.4 is 5.32 Å². The molecule has 1 saturated carbocycles. The monoisotopic (exact) mass is 266 g/mol. The fourth-order valence-corrected chi connectivity index (χ4v) is 3.83. The molecule has 2 heteroatoms. The van der Waals surface area contributed by atoms with E-state index in [1.165, 1.54) is 64.8 Å². The number of rotatable bonds is 3. The van der Waals surface area contributed by atoms with Crippen molar-refractivity contribution in [3.8, 4) is 0 Å². The van der Waals surface area contributed by atoms with E-state index < -0.39 is 0 Å². The molecular formula is C17H34N2. The Labute approximate surface area is 120 Å². The van der Waals surface area contributed by atoms with E-state index in [1.807, 2.05) is 0 Å². The molecule has 2 rings (SSSR count). The van der Waals surface area contributed by atoms with Crippen LogP contribution in [0.2, 0.25) is 0 Å². The van der Waals surface area contributed by atoms with Crippen LogP contribution in [0.25, 0.3) is 0 Å².